The Bertz CT molecular complexity index is 538. The Hall–Kier alpha value is -1.73. The second-order valence-corrected chi connectivity index (χ2v) is 5.33. The molecule has 1 aliphatic heterocycles. The lowest BCUT2D eigenvalue weighted by atomic mass is 9.86. The Balaban J connectivity index is 1.93. The van der Waals surface area contributed by atoms with Crippen molar-refractivity contribution in [1.29, 1.82) is 0 Å². The van der Waals surface area contributed by atoms with Gasteiger partial charge >= 0.3 is 6.18 Å². The van der Waals surface area contributed by atoms with Crippen molar-refractivity contribution in [2.45, 2.75) is 37.5 Å². The number of likely N-dealkylation sites (tertiary alicyclic amines) is 1. The van der Waals surface area contributed by atoms with Gasteiger partial charge in [0.05, 0.1) is 6.42 Å². The number of piperidine rings is 1. The summed E-state index contributed by atoms with van der Waals surface area (Å²) in [5.41, 5.74) is -1.65. The molecule has 0 unspecified atom stereocenters. The fraction of sp³-hybridized carbons (Fsp3) is 0.571. The number of nitrogens with zero attached hydrogens (tertiary/aromatic N) is 2. The molecule has 1 fully saturated rings. The first-order chi connectivity index (χ1) is 10.2. The van der Waals surface area contributed by atoms with Gasteiger partial charge in [0.2, 0.25) is 11.9 Å². The van der Waals surface area contributed by atoms with E-state index in [1.165, 1.54) is 11.0 Å². The van der Waals surface area contributed by atoms with Crippen LogP contribution in [0, 0.1) is 5.95 Å². The molecular formula is C14H15F5N2O. The molecule has 8 heteroatoms. The molecule has 122 valence electrons. The fourth-order valence-corrected chi connectivity index (χ4v) is 2.49. The number of rotatable bonds is 3. The monoisotopic (exact) mass is 322 g/mol. The van der Waals surface area contributed by atoms with Crippen molar-refractivity contribution >= 4 is 5.91 Å². The maximum absolute atomic E-state index is 14.8. The zero-order chi connectivity index (χ0) is 16.4. The predicted molar refractivity (Wildman–Crippen MR) is 68.1 cm³/mol. The number of aromatic nitrogens is 1. The van der Waals surface area contributed by atoms with Gasteiger partial charge in [-0.2, -0.15) is 17.6 Å². The third-order valence-corrected chi connectivity index (χ3v) is 3.77. The van der Waals surface area contributed by atoms with Gasteiger partial charge in [-0.3, -0.25) is 4.79 Å². The van der Waals surface area contributed by atoms with Crippen LogP contribution in [0.2, 0.25) is 0 Å². The molecule has 1 aromatic heterocycles. The molecule has 0 spiro atoms. The van der Waals surface area contributed by atoms with Crippen LogP contribution in [0.25, 0.3) is 0 Å². The van der Waals surface area contributed by atoms with E-state index in [1.807, 2.05) is 0 Å². The molecule has 1 saturated heterocycles. The van der Waals surface area contributed by atoms with Gasteiger partial charge in [0.15, 0.2) is 0 Å². The maximum Gasteiger partial charge on any atom is 0.389 e. The summed E-state index contributed by atoms with van der Waals surface area (Å²) in [5, 5.41) is 0. The van der Waals surface area contributed by atoms with Crippen LogP contribution < -0.4 is 0 Å². The molecule has 1 amide bonds. The highest BCUT2D eigenvalue weighted by Crippen LogP contribution is 2.37. The third kappa shape index (κ3) is 4.14. The highest BCUT2D eigenvalue weighted by molar-refractivity contribution is 5.76. The molecule has 0 bridgehead atoms. The predicted octanol–water partition coefficient (Wildman–Crippen LogP) is 3.35. The number of hydrogen-bond donors (Lipinski definition) is 0. The van der Waals surface area contributed by atoms with Gasteiger partial charge in [-0.05, 0) is 17.7 Å². The van der Waals surface area contributed by atoms with Crippen LogP contribution in [0.5, 0.6) is 0 Å². The molecule has 1 aromatic rings. The minimum atomic E-state index is -4.39. The SMILES string of the molecule is O=C(CCC(F)(F)F)N1CCC(F)(c2ccnc(F)c2)CC1. The van der Waals surface area contributed by atoms with Gasteiger partial charge in [-0.15, -0.1) is 0 Å². The van der Waals surface area contributed by atoms with E-state index in [-0.39, 0.29) is 31.5 Å². The standard InChI is InChI=1S/C14H15F5N2O/c15-11-9-10(2-6-20-11)13(16)4-7-21(8-5-13)12(22)1-3-14(17,18)19/h2,6,9H,1,3-5,7-8H2. The summed E-state index contributed by atoms with van der Waals surface area (Å²) >= 11 is 0. The van der Waals surface area contributed by atoms with Crippen molar-refractivity contribution in [1.82, 2.24) is 9.88 Å². The average molecular weight is 322 g/mol. The second-order valence-electron chi connectivity index (χ2n) is 5.33. The summed E-state index contributed by atoms with van der Waals surface area (Å²) in [6.45, 7) is 0.0221. The second kappa shape index (κ2) is 6.18. The van der Waals surface area contributed by atoms with Crippen LogP contribution >= 0.6 is 0 Å². The van der Waals surface area contributed by atoms with Crippen molar-refractivity contribution in [3.05, 3.63) is 29.8 Å². The van der Waals surface area contributed by atoms with E-state index in [0.29, 0.717) is 0 Å². The zero-order valence-corrected chi connectivity index (χ0v) is 11.7. The van der Waals surface area contributed by atoms with Crippen molar-refractivity contribution in [2.75, 3.05) is 13.1 Å². The van der Waals surface area contributed by atoms with Crippen LogP contribution in [0.4, 0.5) is 22.0 Å². The van der Waals surface area contributed by atoms with Gasteiger partial charge in [0.25, 0.3) is 0 Å². The molecule has 0 aromatic carbocycles. The first-order valence-electron chi connectivity index (χ1n) is 6.85. The zero-order valence-electron chi connectivity index (χ0n) is 11.7. The minimum absolute atomic E-state index is 0.0110. The van der Waals surface area contributed by atoms with E-state index in [1.54, 1.807) is 0 Å². The Kier molecular flexibility index (Phi) is 4.67. The lowest BCUT2D eigenvalue weighted by molar-refractivity contribution is -0.150. The fourth-order valence-electron chi connectivity index (χ4n) is 2.49. The average Bonchev–Trinajstić information content (AvgIpc) is 2.45. The first kappa shape index (κ1) is 16.6. The van der Waals surface area contributed by atoms with Crippen LogP contribution in [-0.2, 0) is 10.5 Å². The van der Waals surface area contributed by atoms with Crippen LogP contribution in [-0.4, -0.2) is 35.1 Å². The molecule has 22 heavy (non-hydrogen) atoms. The molecule has 1 aliphatic rings. The number of alkyl halides is 4. The minimum Gasteiger partial charge on any atom is -0.342 e. The number of pyridine rings is 1. The third-order valence-electron chi connectivity index (χ3n) is 3.77. The van der Waals surface area contributed by atoms with E-state index in [9.17, 15) is 26.7 Å². The summed E-state index contributed by atoms with van der Waals surface area (Å²) in [4.78, 5) is 16.3. The number of hydrogen-bond acceptors (Lipinski definition) is 2. The Labute approximate surface area is 124 Å². The van der Waals surface area contributed by atoms with E-state index in [0.717, 1.165) is 12.3 Å². The van der Waals surface area contributed by atoms with Crippen LogP contribution in [0.3, 0.4) is 0 Å². The van der Waals surface area contributed by atoms with Gasteiger partial charge < -0.3 is 4.90 Å². The molecule has 0 atom stereocenters. The van der Waals surface area contributed by atoms with Gasteiger partial charge in [0, 0.05) is 38.5 Å². The summed E-state index contributed by atoms with van der Waals surface area (Å²) in [7, 11) is 0. The van der Waals surface area contributed by atoms with Gasteiger partial charge in [0.1, 0.15) is 5.67 Å². The molecular weight excluding hydrogens is 307 g/mol. The highest BCUT2D eigenvalue weighted by Gasteiger charge is 2.38. The Morgan fingerprint density at radius 2 is 1.95 bits per heavy atom. The van der Waals surface area contributed by atoms with E-state index in [4.69, 9.17) is 0 Å². The topological polar surface area (TPSA) is 33.2 Å². The summed E-state index contributed by atoms with van der Waals surface area (Å²) < 4.78 is 64.1. The van der Waals surface area contributed by atoms with E-state index >= 15 is 0 Å². The molecule has 0 aliphatic carbocycles. The normalized spacial score (nSPS) is 18.3. The molecule has 3 nitrogen and oxygen atoms in total. The van der Waals surface area contributed by atoms with Crippen molar-refractivity contribution < 1.29 is 26.7 Å². The van der Waals surface area contributed by atoms with Crippen molar-refractivity contribution in [3.8, 4) is 0 Å². The highest BCUT2D eigenvalue weighted by atomic mass is 19.4. The van der Waals surface area contributed by atoms with Gasteiger partial charge in [-0.25, -0.2) is 9.37 Å². The summed E-state index contributed by atoms with van der Waals surface area (Å²) in [6.07, 6.45) is -5.19. The number of amides is 1. The Morgan fingerprint density at radius 3 is 2.50 bits per heavy atom. The smallest absolute Gasteiger partial charge is 0.342 e. The number of carbonyl (C=O) groups is 1. The lowest BCUT2D eigenvalue weighted by Gasteiger charge is -2.36. The van der Waals surface area contributed by atoms with Crippen molar-refractivity contribution in [2.24, 2.45) is 0 Å². The lowest BCUT2D eigenvalue weighted by Crippen LogP contribution is -2.43. The van der Waals surface area contributed by atoms with E-state index in [2.05, 4.69) is 4.98 Å². The Morgan fingerprint density at radius 1 is 1.32 bits per heavy atom. The van der Waals surface area contributed by atoms with Gasteiger partial charge in [-0.1, -0.05) is 0 Å². The molecule has 2 heterocycles. The van der Waals surface area contributed by atoms with Crippen LogP contribution in [0.1, 0.15) is 31.2 Å². The molecule has 0 N–H and O–H groups in total. The quantitative estimate of drug-likeness (QED) is 0.631. The molecule has 0 radical (unpaired) electrons. The number of carbonyl (C=O) groups excluding carboxylic acids is 1. The largest absolute Gasteiger partial charge is 0.389 e. The van der Waals surface area contributed by atoms with Crippen LogP contribution in [0.15, 0.2) is 18.3 Å². The summed E-state index contributed by atoms with van der Waals surface area (Å²) in [6, 6.07) is 2.37. The first-order valence-corrected chi connectivity index (χ1v) is 6.85. The van der Waals surface area contributed by atoms with Crippen molar-refractivity contribution in [3.63, 3.8) is 0 Å². The van der Waals surface area contributed by atoms with E-state index < -0.39 is 36.5 Å². The molecule has 2 rings (SSSR count). The summed E-state index contributed by atoms with van der Waals surface area (Å²) in [5.74, 6) is -1.43. The molecule has 0 saturated carbocycles. The number of halogens is 5. The maximum atomic E-state index is 14.8.